The van der Waals surface area contributed by atoms with Gasteiger partial charge in [-0.2, -0.15) is 0 Å². The van der Waals surface area contributed by atoms with Gasteiger partial charge in [-0.1, -0.05) is 36.8 Å². The van der Waals surface area contributed by atoms with Gasteiger partial charge in [-0.05, 0) is 39.2 Å². The average molecular weight is 259 g/mol. The number of rotatable bonds is 7. The molecule has 2 heteroatoms. The summed E-state index contributed by atoms with van der Waals surface area (Å²) in [6.45, 7) is 7.34. The van der Waals surface area contributed by atoms with Crippen LogP contribution in [0.3, 0.4) is 0 Å². The van der Waals surface area contributed by atoms with Crippen molar-refractivity contribution in [1.82, 2.24) is 5.32 Å². The summed E-state index contributed by atoms with van der Waals surface area (Å²) in [6.07, 6.45) is 6.24. The molecule has 0 aromatic heterocycles. The summed E-state index contributed by atoms with van der Waals surface area (Å²) in [7, 11) is 0. The topological polar surface area (TPSA) is 21.3 Å². The van der Waals surface area contributed by atoms with E-state index in [1.165, 1.54) is 24.0 Å². The van der Waals surface area contributed by atoms with Crippen LogP contribution in [0.1, 0.15) is 45.6 Å². The van der Waals surface area contributed by atoms with Crippen LogP contribution in [0.25, 0.3) is 6.08 Å². The number of ether oxygens (including phenoxy) is 1. The first-order valence-corrected chi connectivity index (χ1v) is 7.37. The number of benzene rings is 1. The van der Waals surface area contributed by atoms with Gasteiger partial charge in [0.05, 0.1) is 6.10 Å². The Bertz CT molecular complexity index is 433. The normalized spacial score (nSPS) is 15.9. The average Bonchev–Trinajstić information content (AvgIpc) is 3.20. The lowest BCUT2D eigenvalue weighted by Crippen LogP contribution is -2.19. The molecule has 0 aliphatic heterocycles. The number of para-hydroxylation sites is 1. The van der Waals surface area contributed by atoms with E-state index in [0.717, 1.165) is 24.8 Å². The number of hydrogen-bond donors (Lipinski definition) is 1. The summed E-state index contributed by atoms with van der Waals surface area (Å²) < 4.78 is 5.86. The van der Waals surface area contributed by atoms with E-state index < -0.39 is 0 Å². The molecule has 2 nitrogen and oxygen atoms in total. The molecular weight excluding hydrogens is 234 g/mol. The second kappa shape index (κ2) is 6.76. The van der Waals surface area contributed by atoms with E-state index in [0.29, 0.717) is 0 Å². The summed E-state index contributed by atoms with van der Waals surface area (Å²) in [6, 6.07) is 9.04. The first-order valence-electron chi connectivity index (χ1n) is 7.37. The predicted molar refractivity (Wildman–Crippen MR) is 81.5 cm³/mol. The predicted octanol–water partition coefficient (Wildman–Crippen LogP) is 4.02. The van der Waals surface area contributed by atoms with Crippen LogP contribution in [-0.2, 0) is 0 Å². The van der Waals surface area contributed by atoms with Crippen LogP contribution in [0, 0.1) is 0 Å². The molecule has 1 saturated carbocycles. The number of nitrogens with one attached hydrogen (secondary N) is 1. The molecule has 1 N–H and O–H groups in total. The molecule has 0 atom stereocenters. The molecule has 1 aliphatic carbocycles. The largest absolute Gasteiger partial charge is 0.490 e. The third-order valence-electron chi connectivity index (χ3n) is 3.29. The lowest BCUT2D eigenvalue weighted by atomic mass is 10.1. The molecule has 1 aromatic rings. The van der Waals surface area contributed by atoms with E-state index in [2.05, 4.69) is 44.3 Å². The Labute approximate surface area is 116 Å². The molecule has 1 fully saturated rings. The van der Waals surface area contributed by atoms with Crippen LogP contribution in [0.2, 0.25) is 0 Å². The summed E-state index contributed by atoms with van der Waals surface area (Å²) in [5.74, 6) is 0.981. The van der Waals surface area contributed by atoms with Gasteiger partial charge in [0.25, 0.3) is 0 Å². The van der Waals surface area contributed by atoms with Crippen LogP contribution < -0.4 is 10.1 Å². The highest BCUT2D eigenvalue weighted by Gasteiger charge is 2.20. The van der Waals surface area contributed by atoms with Crippen molar-refractivity contribution in [2.75, 3.05) is 6.54 Å². The molecule has 2 rings (SSSR count). The van der Waals surface area contributed by atoms with Gasteiger partial charge in [0.1, 0.15) is 5.75 Å². The van der Waals surface area contributed by atoms with Gasteiger partial charge in [-0.15, -0.1) is 0 Å². The molecule has 0 saturated heterocycles. The maximum atomic E-state index is 5.86. The highest BCUT2D eigenvalue weighted by molar-refractivity contribution is 5.60. The molecule has 0 heterocycles. The van der Waals surface area contributed by atoms with Gasteiger partial charge in [0, 0.05) is 18.2 Å². The lowest BCUT2D eigenvalue weighted by molar-refractivity contribution is 0.242. The van der Waals surface area contributed by atoms with Crippen molar-refractivity contribution >= 4 is 6.08 Å². The smallest absolute Gasteiger partial charge is 0.126 e. The Morgan fingerprint density at radius 1 is 1.37 bits per heavy atom. The Balaban J connectivity index is 2.08. The molecule has 0 amide bonds. The first-order chi connectivity index (χ1) is 9.19. The van der Waals surface area contributed by atoms with E-state index in [4.69, 9.17) is 4.74 Å². The summed E-state index contributed by atoms with van der Waals surface area (Å²) in [5, 5.41) is 3.58. The SMILES string of the molecule is CCC(=Cc1ccccc1OC(C)C)CNC1CC1. The molecule has 0 bridgehead atoms. The Hall–Kier alpha value is -1.28. The van der Waals surface area contributed by atoms with E-state index in [-0.39, 0.29) is 6.10 Å². The molecule has 1 aliphatic rings. The minimum atomic E-state index is 0.212. The zero-order valence-electron chi connectivity index (χ0n) is 12.3. The fourth-order valence-electron chi connectivity index (χ4n) is 2.02. The van der Waals surface area contributed by atoms with Crippen molar-refractivity contribution in [1.29, 1.82) is 0 Å². The molecule has 0 radical (unpaired) electrons. The molecule has 0 unspecified atom stereocenters. The van der Waals surface area contributed by atoms with Crippen LogP contribution >= 0.6 is 0 Å². The standard InChI is InChI=1S/C17H25NO/c1-4-14(12-18-16-9-10-16)11-15-7-5-6-8-17(15)19-13(2)3/h5-8,11,13,16,18H,4,9-10,12H2,1-3H3. The zero-order valence-corrected chi connectivity index (χ0v) is 12.3. The van der Waals surface area contributed by atoms with Crippen LogP contribution in [0.5, 0.6) is 5.75 Å². The fourth-order valence-corrected chi connectivity index (χ4v) is 2.02. The number of hydrogen-bond acceptors (Lipinski definition) is 2. The van der Waals surface area contributed by atoms with Gasteiger partial charge < -0.3 is 10.1 Å². The van der Waals surface area contributed by atoms with Crippen LogP contribution in [0.4, 0.5) is 0 Å². The highest BCUT2D eigenvalue weighted by Crippen LogP contribution is 2.24. The third kappa shape index (κ3) is 4.71. The second-order valence-corrected chi connectivity index (χ2v) is 5.52. The summed E-state index contributed by atoms with van der Waals surface area (Å²) in [5.41, 5.74) is 2.62. The quantitative estimate of drug-likeness (QED) is 0.798. The van der Waals surface area contributed by atoms with Crippen LogP contribution in [0.15, 0.2) is 29.8 Å². The molecule has 104 valence electrons. The lowest BCUT2D eigenvalue weighted by Gasteiger charge is -2.13. The minimum absolute atomic E-state index is 0.212. The van der Waals surface area contributed by atoms with E-state index in [9.17, 15) is 0 Å². The van der Waals surface area contributed by atoms with Crippen LogP contribution in [-0.4, -0.2) is 18.7 Å². The first kappa shape index (κ1) is 14.1. The third-order valence-corrected chi connectivity index (χ3v) is 3.29. The Kier molecular flexibility index (Phi) is 5.03. The van der Waals surface area contributed by atoms with Gasteiger partial charge in [0.15, 0.2) is 0 Å². The van der Waals surface area contributed by atoms with Crippen molar-refractivity contribution < 1.29 is 4.74 Å². The second-order valence-electron chi connectivity index (χ2n) is 5.52. The molecule has 0 spiro atoms. The van der Waals surface area contributed by atoms with Crippen molar-refractivity contribution in [3.8, 4) is 5.75 Å². The van der Waals surface area contributed by atoms with Crippen molar-refractivity contribution in [2.45, 2.75) is 52.2 Å². The molecule has 1 aromatic carbocycles. The van der Waals surface area contributed by atoms with Crippen molar-refractivity contribution in [3.63, 3.8) is 0 Å². The maximum Gasteiger partial charge on any atom is 0.126 e. The Morgan fingerprint density at radius 2 is 2.11 bits per heavy atom. The van der Waals surface area contributed by atoms with E-state index in [1.54, 1.807) is 0 Å². The monoisotopic (exact) mass is 259 g/mol. The maximum absolute atomic E-state index is 5.86. The highest BCUT2D eigenvalue weighted by atomic mass is 16.5. The van der Waals surface area contributed by atoms with Crippen molar-refractivity contribution in [3.05, 3.63) is 35.4 Å². The molecular formula is C17H25NO. The van der Waals surface area contributed by atoms with Gasteiger partial charge in [-0.25, -0.2) is 0 Å². The minimum Gasteiger partial charge on any atom is -0.490 e. The van der Waals surface area contributed by atoms with Gasteiger partial charge in [-0.3, -0.25) is 0 Å². The summed E-state index contributed by atoms with van der Waals surface area (Å²) in [4.78, 5) is 0. The summed E-state index contributed by atoms with van der Waals surface area (Å²) >= 11 is 0. The molecule has 19 heavy (non-hydrogen) atoms. The Morgan fingerprint density at radius 3 is 2.74 bits per heavy atom. The zero-order chi connectivity index (χ0) is 13.7. The van der Waals surface area contributed by atoms with Gasteiger partial charge >= 0.3 is 0 Å². The van der Waals surface area contributed by atoms with E-state index in [1.807, 2.05) is 12.1 Å². The fraction of sp³-hybridized carbons (Fsp3) is 0.529. The van der Waals surface area contributed by atoms with Crippen molar-refractivity contribution in [2.24, 2.45) is 0 Å². The van der Waals surface area contributed by atoms with E-state index >= 15 is 0 Å². The van der Waals surface area contributed by atoms with Gasteiger partial charge in [0.2, 0.25) is 0 Å².